The average molecular weight is 458 g/mol. The highest BCUT2D eigenvalue weighted by Crippen LogP contribution is 2.36. The molecule has 1 saturated heterocycles. The lowest BCUT2D eigenvalue weighted by atomic mass is 9.92. The van der Waals surface area contributed by atoms with Crippen LogP contribution in [0.25, 0.3) is 11.3 Å². The van der Waals surface area contributed by atoms with Crippen LogP contribution in [-0.2, 0) is 22.4 Å². The summed E-state index contributed by atoms with van der Waals surface area (Å²) in [4.78, 5) is 2.16. The number of piperidine rings is 1. The second-order valence-corrected chi connectivity index (χ2v) is 10.5. The third kappa shape index (κ3) is 6.39. The Balaban J connectivity index is 1.70. The first-order valence-corrected chi connectivity index (χ1v) is 12.1. The van der Waals surface area contributed by atoms with Crippen LogP contribution in [0.3, 0.4) is 0 Å². The van der Waals surface area contributed by atoms with Gasteiger partial charge < -0.3 is 10.0 Å². The van der Waals surface area contributed by atoms with Crippen molar-refractivity contribution in [3.63, 3.8) is 0 Å². The minimum atomic E-state index is -4.53. The van der Waals surface area contributed by atoms with Gasteiger partial charge in [-0.2, -0.15) is 18.3 Å². The Bertz CT molecular complexity index is 1040. The highest BCUT2D eigenvalue weighted by atomic mass is 32.2. The minimum Gasteiger partial charge on any atom is -0.507 e. The molecule has 1 aliphatic rings. The van der Waals surface area contributed by atoms with Gasteiger partial charge in [0, 0.05) is 24.9 Å². The highest BCUT2D eigenvalue weighted by molar-refractivity contribution is 7.90. The molecule has 1 aromatic heterocycles. The molecule has 10 heteroatoms. The molecule has 2 heterocycles. The topological polar surface area (TPSA) is 83.4 Å². The molecule has 0 saturated carbocycles. The number of sulfone groups is 1. The number of aromatic hydroxyl groups is 1. The number of rotatable bonds is 6. The fourth-order valence-corrected chi connectivity index (χ4v) is 4.52. The van der Waals surface area contributed by atoms with Crippen molar-refractivity contribution in [3.05, 3.63) is 41.1 Å². The van der Waals surface area contributed by atoms with Crippen molar-refractivity contribution in [2.75, 3.05) is 31.6 Å². The fraction of sp³-hybridized carbons (Fsp3) is 0.524. The van der Waals surface area contributed by atoms with Crippen LogP contribution in [0.5, 0.6) is 5.75 Å². The first-order valence-electron chi connectivity index (χ1n) is 10.1. The number of nitrogens with zero attached hydrogens (tertiary/aromatic N) is 3. The Hall–Kier alpha value is -2.20. The largest absolute Gasteiger partial charge is 0.507 e. The summed E-state index contributed by atoms with van der Waals surface area (Å²) in [5.74, 6) is -0.0228. The molecule has 2 aromatic rings. The molecule has 170 valence electrons. The van der Waals surface area contributed by atoms with Crippen molar-refractivity contribution in [3.8, 4) is 17.0 Å². The van der Waals surface area contributed by atoms with E-state index in [0.717, 1.165) is 37.7 Å². The lowest BCUT2D eigenvalue weighted by Gasteiger charge is -2.32. The summed E-state index contributed by atoms with van der Waals surface area (Å²) < 4.78 is 61.3. The Morgan fingerprint density at radius 3 is 2.58 bits per heavy atom. The van der Waals surface area contributed by atoms with E-state index in [-0.39, 0.29) is 11.3 Å². The zero-order valence-electron chi connectivity index (χ0n) is 17.5. The molecule has 1 N–H and O–H groups in total. The standard InChI is InChI=1S/C21H26F3N3O3S/c1-14-10-17(11-15-4-3-7-27(13-15)8-9-31(2,29)30)25-26-20(14)18-6-5-16(12-19(18)28)21(22,23)24/h5-6,10,12,15,28H,3-4,7-9,11,13H2,1-2H3/t15-/m0/s1. The van der Waals surface area contributed by atoms with Crippen molar-refractivity contribution < 1.29 is 26.7 Å². The van der Waals surface area contributed by atoms with E-state index in [2.05, 4.69) is 15.1 Å². The van der Waals surface area contributed by atoms with Crippen molar-refractivity contribution in [2.24, 2.45) is 5.92 Å². The van der Waals surface area contributed by atoms with Crippen LogP contribution in [-0.4, -0.2) is 60.3 Å². The van der Waals surface area contributed by atoms with Gasteiger partial charge in [-0.25, -0.2) is 8.42 Å². The number of phenols is 1. The Kier molecular flexibility index (Phi) is 6.90. The molecule has 3 rings (SSSR count). The summed E-state index contributed by atoms with van der Waals surface area (Å²) in [5, 5.41) is 18.5. The Labute approximate surface area is 180 Å². The number of hydrogen-bond donors (Lipinski definition) is 1. The molecule has 31 heavy (non-hydrogen) atoms. The highest BCUT2D eigenvalue weighted by Gasteiger charge is 2.31. The summed E-state index contributed by atoms with van der Waals surface area (Å²) >= 11 is 0. The van der Waals surface area contributed by atoms with E-state index in [1.54, 1.807) is 6.92 Å². The SMILES string of the molecule is Cc1cc(C[C@@H]2CCCN(CCS(C)(=O)=O)C2)nnc1-c1ccc(C(F)(F)F)cc1O. The molecule has 0 radical (unpaired) electrons. The van der Waals surface area contributed by atoms with Crippen LogP contribution in [0.15, 0.2) is 24.3 Å². The van der Waals surface area contributed by atoms with E-state index in [4.69, 9.17) is 0 Å². The molecular weight excluding hydrogens is 431 g/mol. The number of aromatic nitrogens is 2. The lowest BCUT2D eigenvalue weighted by molar-refractivity contribution is -0.137. The quantitative estimate of drug-likeness (QED) is 0.715. The number of halogens is 3. The first-order chi connectivity index (χ1) is 14.4. The molecule has 1 atom stereocenters. The number of hydrogen-bond acceptors (Lipinski definition) is 6. The summed E-state index contributed by atoms with van der Waals surface area (Å²) in [6.45, 7) is 3.97. The van der Waals surface area contributed by atoms with E-state index in [0.29, 0.717) is 36.2 Å². The van der Waals surface area contributed by atoms with Gasteiger partial charge in [0.2, 0.25) is 0 Å². The van der Waals surface area contributed by atoms with Gasteiger partial charge in [-0.15, -0.1) is 5.10 Å². The van der Waals surface area contributed by atoms with Gasteiger partial charge in [0.05, 0.1) is 22.7 Å². The number of aryl methyl sites for hydroxylation is 1. The monoisotopic (exact) mass is 457 g/mol. The van der Waals surface area contributed by atoms with Crippen LogP contribution in [0.4, 0.5) is 13.2 Å². The zero-order chi connectivity index (χ0) is 22.8. The predicted octanol–water partition coefficient (Wildman–Crippen LogP) is 3.48. The number of phenolic OH excluding ortho intramolecular Hbond substituents is 1. The van der Waals surface area contributed by atoms with E-state index in [1.807, 2.05) is 6.07 Å². The van der Waals surface area contributed by atoms with E-state index < -0.39 is 27.3 Å². The molecule has 1 aromatic carbocycles. The van der Waals surface area contributed by atoms with Crippen molar-refractivity contribution in [2.45, 2.75) is 32.4 Å². The van der Waals surface area contributed by atoms with Gasteiger partial charge in [0.1, 0.15) is 15.6 Å². The first kappa shape index (κ1) is 23.5. The number of alkyl halides is 3. The van der Waals surface area contributed by atoms with Crippen LogP contribution in [0, 0.1) is 12.8 Å². The van der Waals surface area contributed by atoms with Crippen LogP contribution in [0.2, 0.25) is 0 Å². The second kappa shape index (κ2) is 9.12. The number of benzene rings is 1. The normalized spacial score (nSPS) is 18.3. The van der Waals surface area contributed by atoms with Gasteiger partial charge in [-0.3, -0.25) is 0 Å². The third-order valence-corrected chi connectivity index (χ3v) is 6.42. The molecule has 0 unspecified atom stereocenters. The minimum absolute atomic E-state index is 0.143. The van der Waals surface area contributed by atoms with Crippen LogP contribution < -0.4 is 0 Å². The summed E-state index contributed by atoms with van der Waals surface area (Å²) in [6.07, 6.45) is -0.614. The smallest absolute Gasteiger partial charge is 0.416 e. The zero-order valence-corrected chi connectivity index (χ0v) is 18.3. The van der Waals surface area contributed by atoms with Gasteiger partial charge >= 0.3 is 6.18 Å². The third-order valence-electron chi connectivity index (χ3n) is 5.49. The fourth-order valence-electron chi connectivity index (χ4n) is 3.93. The van der Waals surface area contributed by atoms with Gasteiger partial charge in [-0.1, -0.05) is 0 Å². The maximum absolute atomic E-state index is 12.8. The van der Waals surface area contributed by atoms with Crippen molar-refractivity contribution in [1.82, 2.24) is 15.1 Å². The van der Waals surface area contributed by atoms with Gasteiger partial charge in [0.15, 0.2) is 0 Å². The second-order valence-electron chi connectivity index (χ2n) is 8.24. The maximum atomic E-state index is 12.8. The summed E-state index contributed by atoms with van der Waals surface area (Å²) in [6, 6.07) is 4.65. The lowest BCUT2D eigenvalue weighted by Crippen LogP contribution is -2.39. The van der Waals surface area contributed by atoms with Crippen LogP contribution >= 0.6 is 0 Å². The van der Waals surface area contributed by atoms with Crippen molar-refractivity contribution in [1.29, 1.82) is 0 Å². The van der Waals surface area contributed by atoms with Gasteiger partial charge in [-0.05, 0) is 68.5 Å². The maximum Gasteiger partial charge on any atom is 0.416 e. The molecule has 0 aliphatic carbocycles. The van der Waals surface area contributed by atoms with E-state index in [1.165, 1.54) is 12.3 Å². The molecule has 0 amide bonds. The summed E-state index contributed by atoms with van der Waals surface area (Å²) in [7, 11) is -3.00. The van der Waals surface area contributed by atoms with Crippen molar-refractivity contribution >= 4 is 9.84 Å². The molecular formula is C21H26F3N3O3S. The Morgan fingerprint density at radius 1 is 1.23 bits per heavy atom. The average Bonchev–Trinajstić information content (AvgIpc) is 2.66. The summed E-state index contributed by atoms with van der Waals surface area (Å²) in [5.41, 5.74) is 1.10. The number of likely N-dealkylation sites (tertiary alicyclic amines) is 1. The predicted molar refractivity (Wildman–Crippen MR) is 111 cm³/mol. The molecule has 1 fully saturated rings. The Morgan fingerprint density at radius 2 is 1.97 bits per heavy atom. The molecule has 0 bridgehead atoms. The van der Waals surface area contributed by atoms with Gasteiger partial charge in [0.25, 0.3) is 0 Å². The molecule has 1 aliphatic heterocycles. The molecule has 0 spiro atoms. The van der Waals surface area contributed by atoms with E-state index in [9.17, 15) is 26.7 Å². The van der Waals surface area contributed by atoms with E-state index >= 15 is 0 Å². The molecule has 6 nitrogen and oxygen atoms in total. The van der Waals surface area contributed by atoms with Crippen LogP contribution in [0.1, 0.15) is 29.7 Å².